The number of thiophene rings is 1. The molecule has 0 fully saturated rings. The molecule has 1 amide bonds. The van der Waals surface area contributed by atoms with E-state index in [2.05, 4.69) is 40.3 Å². The van der Waals surface area contributed by atoms with Crippen molar-refractivity contribution in [2.75, 3.05) is 0 Å². The lowest BCUT2D eigenvalue weighted by Crippen LogP contribution is -2.33. The Morgan fingerprint density at radius 2 is 1.95 bits per heavy atom. The third kappa shape index (κ3) is 4.18. The largest absolute Gasteiger partial charge is 0.349 e. The van der Waals surface area contributed by atoms with Crippen molar-refractivity contribution < 1.29 is 4.79 Å². The molecule has 0 aliphatic rings. The van der Waals surface area contributed by atoms with Crippen LogP contribution in [-0.4, -0.2) is 11.9 Å². The predicted molar refractivity (Wildman–Crippen MR) is 83.8 cm³/mol. The molecule has 1 atom stereocenters. The van der Waals surface area contributed by atoms with E-state index in [1.54, 1.807) is 11.3 Å². The third-order valence-electron chi connectivity index (χ3n) is 2.79. The van der Waals surface area contributed by atoms with E-state index in [1.165, 1.54) is 9.75 Å². The number of benzene rings is 1. The summed E-state index contributed by atoms with van der Waals surface area (Å²) in [6, 6.07) is 11.8. The maximum absolute atomic E-state index is 12.0. The number of carbonyl (C=O) groups excluding carboxylic acids is 1. The third-order valence-corrected chi connectivity index (χ3v) is 4.34. The van der Waals surface area contributed by atoms with Crippen LogP contribution in [0, 0.1) is 6.92 Å². The molecule has 4 heteroatoms. The van der Waals surface area contributed by atoms with Crippen molar-refractivity contribution in [1.82, 2.24) is 5.32 Å². The van der Waals surface area contributed by atoms with Crippen LogP contribution < -0.4 is 5.32 Å². The van der Waals surface area contributed by atoms with E-state index in [-0.39, 0.29) is 11.9 Å². The van der Waals surface area contributed by atoms with Crippen LogP contribution in [0.1, 0.15) is 27.0 Å². The Labute approximate surface area is 126 Å². The standard InChI is InChI=1S/C15H16BrNOS/c1-10(9-14-8-3-11(2)19-14)17-15(18)12-4-6-13(16)7-5-12/h3-8,10H,9H2,1-2H3,(H,17,18). The predicted octanol–water partition coefficient (Wildman–Crippen LogP) is 4.18. The van der Waals surface area contributed by atoms with Crippen molar-refractivity contribution in [3.8, 4) is 0 Å². The Bertz CT molecular complexity index is 562. The molecule has 100 valence electrons. The number of nitrogens with one attached hydrogen (secondary N) is 1. The van der Waals surface area contributed by atoms with Crippen LogP contribution in [-0.2, 0) is 6.42 Å². The van der Waals surface area contributed by atoms with Gasteiger partial charge in [0.05, 0.1) is 0 Å². The monoisotopic (exact) mass is 337 g/mol. The molecule has 19 heavy (non-hydrogen) atoms. The van der Waals surface area contributed by atoms with Gasteiger partial charge in [0.15, 0.2) is 0 Å². The van der Waals surface area contributed by atoms with Gasteiger partial charge in [0, 0.05) is 32.3 Å². The van der Waals surface area contributed by atoms with Gasteiger partial charge in [0.1, 0.15) is 0 Å². The number of carbonyl (C=O) groups is 1. The lowest BCUT2D eigenvalue weighted by Gasteiger charge is -2.13. The van der Waals surface area contributed by atoms with Gasteiger partial charge in [-0.05, 0) is 50.2 Å². The van der Waals surface area contributed by atoms with Gasteiger partial charge < -0.3 is 5.32 Å². The fourth-order valence-corrected chi connectivity index (χ4v) is 3.14. The molecule has 2 rings (SSSR count). The number of hydrogen-bond donors (Lipinski definition) is 1. The smallest absolute Gasteiger partial charge is 0.251 e. The van der Waals surface area contributed by atoms with Crippen LogP contribution in [0.4, 0.5) is 0 Å². The van der Waals surface area contributed by atoms with Gasteiger partial charge in [0.25, 0.3) is 5.91 Å². The zero-order chi connectivity index (χ0) is 13.8. The van der Waals surface area contributed by atoms with Crippen molar-refractivity contribution in [2.24, 2.45) is 0 Å². The first kappa shape index (κ1) is 14.3. The van der Waals surface area contributed by atoms with E-state index in [1.807, 2.05) is 31.2 Å². The topological polar surface area (TPSA) is 29.1 Å². The summed E-state index contributed by atoms with van der Waals surface area (Å²) in [5.41, 5.74) is 0.692. The Kier molecular flexibility index (Phi) is 4.77. The minimum Gasteiger partial charge on any atom is -0.349 e. The van der Waals surface area contributed by atoms with Crippen LogP contribution in [0.2, 0.25) is 0 Å². The highest BCUT2D eigenvalue weighted by Gasteiger charge is 2.11. The van der Waals surface area contributed by atoms with Crippen molar-refractivity contribution in [1.29, 1.82) is 0 Å². The van der Waals surface area contributed by atoms with E-state index in [9.17, 15) is 4.79 Å². The summed E-state index contributed by atoms with van der Waals surface area (Å²) in [4.78, 5) is 14.7. The molecule has 0 spiro atoms. The van der Waals surface area contributed by atoms with Gasteiger partial charge in [-0.2, -0.15) is 0 Å². The summed E-state index contributed by atoms with van der Waals surface area (Å²) in [5, 5.41) is 3.03. The Morgan fingerprint density at radius 1 is 1.26 bits per heavy atom. The molecule has 1 heterocycles. The first-order valence-corrected chi connectivity index (χ1v) is 7.77. The average molecular weight is 338 g/mol. The van der Waals surface area contributed by atoms with Crippen LogP contribution in [0.25, 0.3) is 0 Å². The van der Waals surface area contributed by atoms with Crippen molar-refractivity contribution >= 4 is 33.2 Å². The van der Waals surface area contributed by atoms with E-state index in [0.29, 0.717) is 5.56 Å². The second kappa shape index (κ2) is 6.35. The highest BCUT2D eigenvalue weighted by molar-refractivity contribution is 9.10. The molecule has 1 unspecified atom stereocenters. The van der Waals surface area contributed by atoms with Gasteiger partial charge in [-0.25, -0.2) is 0 Å². The molecule has 0 aliphatic carbocycles. The van der Waals surface area contributed by atoms with Gasteiger partial charge in [-0.3, -0.25) is 4.79 Å². The number of rotatable bonds is 4. The highest BCUT2D eigenvalue weighted by atomic mass is 79.9. The number of halogens is 1. The zero-order valence-corrected chi connectivity index (χ0v) is 13.3. The number of hydrogen-bond acceptors (Lipinski definition) is 2. The van der Waals surface area contributed by atoms with Crippen LogP contribution in [0.5, 0.6) is 0 Å². The molecule has 1 N–H and O–H groups in total. The summed E-state index contributed by atoms with van der Waals surface area (Å²) in [7, 11) is 0. The number of amides is 1. The summed E-state index contributed by atoms with van der Waals surface area (Å²) in [6.07, 6.45) is 0.876. The van der Waals surface area contributed by atoms with E-state index in [0.717, 1.165) is 10.9 Å². The molecular weight excluding hydrogens is 322 g/mol. The Morgan fingerprint density at radius 3 is 2.53 bits per heavy atom. The van der Waals surface area contributed by atoms with E-state index < -0.39 is 0 Å². The van der Waals surface area contributed by atoms with E-state index in [4.69, 9.17) is 0 Å². The highest BCUT2D eigenvalue weighted by Crippen LogP contribution is 2.17. The second-order valence-corrected chi connectivity index (χ2v) is 6.89. The minimum absolute atomic E-state index is 0.0201. The van der Waals surface area contributed by atoms with Crippen LogP contribution >= 0.6 is 27.3 Å². The fourth-order valence-electron chi connectivity index (χ4n) is 1.86. The Hall–Kier alpha value is -1.13. The van der Waals surface area contributed by atoms with Crippen molar-refractivity contribution in [3.63, 3.8) is 0 Å². The molecule has 0 aliphatic heterocycles. The summed E-state index contributed by atoms with van der Waals surface area (Å²) < 4.78 is 0.978. The van der Waals surface area contributed by atoms with Crippen LogP contribution in [0.3, 0.4) is 0 Å². The molecule has 0 bridgehead atoms. The van der Waals surface area contributed by atoms with E-state index >= 15 is 0 Å². The lowest BCUT2D eigenvalue weighted by molar-refractivity contribution is 0.0940. The molecule has 0 saturated heterocycles. The summed E-state index contributed by atoms with van der Waals surface area (Å²) >= 11 is 5.15. The lowest BCUT2D eigenvalue weighted by atomic mass is 10.1. The molecule has 1 aromatic carbocycles. The van der Waals surface area contributed by atoms with Gasteiger partial charge in [-0.1, -0.05) is 15.9 Å². The zero-order valence-electron chi connectivity index (χ0n) is 10.9. The molecule has 1 aromatic heterocycles. The SMILES string of the molecule is Cc1ccc(CC(C)NC(=O)c2ccc(Br)cc2)s1. The van der Waals surface area contributed by atoms with Crippen molar-refractivity contribution in [2.45, 2.75) is 26.3 Å². The summed E-state index contributed by atoms with van der Waals surface area (Å²) in [5.74, 6) is -0.0201. The molecule has 0 saturated carbocycles. The molecule has 2 nitrogen and oxygen atoms in total. The first-order valence-electron chi connectivity index (χ1n) is 6.16. The fraction of sp³-hybridized carbons (Fsp3) is 0.267. The van der Waals surface area contributed by atoms with Crippen LogP contribution in [0.15, 0.2) is 40.9 Å². The first-order chi connectivity index (χ1) is 9.04. The molecule has 0 radical (unpaired) electrons. The normalized spacial score (nSPS) is 12.2. The second-order valence-electron chi connectivity index (χ2n) is 4.60. The maximum Gasteiger partial charge on any atom is 0.251 e. The Balaban J connectivity index is 1.93. The van der Waals surface area contributed by atoms with Gasteiger partial charge in [0.2, 0.25) is 0 Å². The summed E-state index contributed by atoms with van der Waals surface area (Å²) in [6.45, 7) is 4.13. The molecule has 2 aromatic rings. The quantitative estimate of drug-likeness (QED) is 0.890. The average Bonchev–Trinajstić information content (AvgIpc) is 2.75. The maximum atomic E-state index is 12.0. The number of aryl methyl sites for hydroxylation is 1. The molecular formula is C15H16BrNOS. The van der Waals surface area contributed by atoms with Gasteiger partial charge in [-0.15, -0.1) is 11.3 Å². The minimum atomic E-state index is -0.0201. The van der Waals surface area contributed by atoms with Gasteiger partial charge >= 0.3 is 0 Å². The van der Waals surface area contributed by atoms with Crippen molar-refractivity contribution in [3.05, 3.63) is 56.2 Å².